The van der Waals surface area contributed by atoms with Crippen LogP contribution < -0.4 is 0 Å². The minimum atomic E-state index is 0.229. The van der Waals surface area contributed by atoms with Gasteiger partial charge < -0.3 is 9.72 Å². The van der Waals surface area contributed by atoms with Crippen molar-refractivity contribution in [3.8, 4) is 0 Å². The third-order valence-corrected chi connectivity index (χ3v) is 4.67. The smallest absolute Gasteiger partial charge is 0.113 e. The summed E-state index contributed by atoms with van der Waals surface area (Å²) >= 11 is 0. The molecule has 3 nitrogen and oxygen atoms in total. The maximum atomic E-state index is 5.92. The van der Waals surface area contributed by atoms with Gasteiger partial charge in [0.2, 0.25) is 0 Å². The maximum Gasteiger partial charge on any atom is 0.113 e. The molecule has 0 amide bonds. The highest BCUT2D eigenvalue weighted by Gasteiger charge is 2.39. The van der Waals surface area contributed by atoms with Crippen LogP contribution in [0.4, 0.5) is 0 Å². The van der Waals surface area contributed by atoms with Crippen LogP contribution in [0.1, 0.15) is 43.6 Å². The average molecular weight is 258 g/mol. The zero-order valence-corrected chi connectivity index (χ0v) is 12.3. The van der Waals surface area contributed by atoms with Crippen molar-refractivity contribution in [3.63, 3.8) is 0 Å². The van der Waals surface area contributed by atoms with Crippen LogP contribution in [0.3, 0.4) is 0 Å². The molecule has 102 valence electrons. The molecule has 1 aliphatic rings. The molecule has 2 aromatic rings. The van der Waals surface area contributed by atoms with Crippen molar-refractivity contribution in [2.45, 2.75) is 52.7 Å². The Kier molecular flexibility index (Phi) is 2.90. The van der Waals surface area contributed by atoms with E-state index in [-0.39, 0.29) is 6.10 Å². The minimum Gasteiger partial charge on any atom is -0.374 e. The predicted octanol–water partition coefficient (Wildman–Crippen LogP) is 3.71. The second-order valence-electron chi connectivity index (χ2n) is 6.01. The Morgan fingerprint density at radius 3 is 2.37 bits per heavy atom. The second kappa shape index (κ2) is 4.34. The molecule has 0 aliphatic carbocycles. The Balaban J connectivity index is 2.06. The molecular formula is C16H22N2O. The van der Waals surface area contributed by atoms with Crippen molar-refractivity contribution in [3.05, 3.63) is 29.1 Å². The van der Waals surface area contributed by atoms with E-state index in [2.05, 4.69) is 51.7 Å². The van der Waals surface area contributed by atoms with Crippen LogP contribution >= 0.6 is 0 Å². The van der Waals surface area contributed by atoms with E-state index in [1.165, 1.54) is 11.1 Å². The number of rotatable bonds is 1. The van der Waals surface area contributed by atoms with E-state index in [9.17, 15) is 0 Å². The first-order valence-electron chi connectivity index (χ1n) is 7.09. The number of imidazole rings is 1. The van der Waals surface area contributed by atoms with Gasteiger partial charge in [-0.15, -0.1) is 0 Å². The summed E-state index contributed by atoms with van der Waals surface area (Å²) in [6, 6.07) is 4.36. The Hall–Kier alpha value is -1.35. The van der Waals surface area contributed by atoms with Crippen molar-refractivity contribution >= 4 is 11.0 Å². The molecule has 1 saturated heterocycles. The largest absolute Gasteiger partial charge is 0.374 e. The number of hydrogen-bond donors (Lipinski definition) is 1. The van der Waals surface area contributed by atoms with Crippen molar-refractivity contribution < 1.29 is 4.74 Å². The average Bonchev–Trinajstić information content (AvgIpc) is 2.82. The van der Waals surface area contributed by atoms with Gasteiger partial charge in [0.15, 0.2) is 0 Å². The van der Waals surface area contributed by atoms with Gasteiger partial charge in [-0.2, -0.15) is 0 Å². The molecule has 0 radical (unpaired) electrons. The lowest BCUT2D eigenvalue weighted by Gasteiger charge is -2.15. The molecule has 3 rings (SSSR count). The molecule has 1 aromatic carbocycles. The lowest BCUT2D eigenvalue weighted by Crippen LogP contribution is -2.16. The summed E-state index contributed by atoms with van der Waals surface area (Å²) in [6.07, 6.45) is 0.532. The normalized spacial score (nSPS) is 31.2. The summed E-state index contributed by atoms with van der Waals surface area (Å²) < 4.78 is 5.92. The first-order chi connectivity index (χ1) is 8.97. The van der Waals surface area contributed by atoms with Gasteiger partial charge in [-0.25, -0.2) is 4.98 Å². The Morgan fingerprint density at radius 2 is 1.74 bits per heavy atom. The third-order valence-electron chi connectivity index (χ3n) is 4.67. The monoisotopic (exact) mass is 258 g/mol. The van der Waals surface area contributed by atoms with Gasteiger partial charge in [0.05, 0.1) is 23.2 Å². The molecule has 0 spiro atoms. The van der Waals surface area contributed by atoms with Gasteiger partial charge in [-0.1, -0.05) is 6.92 Å². The molecule has 1 aliphatic heterocycles. The number of H-pyrrole nitrogens is 1. The number of aryl methyl sites for hydroxylation is 2. The number of ether oxygens (including phenoxy) is 1. The van der Waals surface area contributed by atoms with Crippen molar-refractivity contribution in [1.29, 1.82) is 0 Å². The molecule has 19 heavy (non-hydrogen) atoms. The number of fused-ring (bicyclic) bond motifs is 1. The number of nitrogens with one attached hydrogen (secondary N) is 1. The van der Waals surface area contributed by atoms with Gasteiger partial charge in [0.25, 0.3) is 0 Å². The van der Waals surface area contributed by atoms with Crippen molar-refractivity contribution in [1.82, 2.24) is 9.97 Å². The zero-order valence-electron chi connectivity index (χ0n) is 12.3. The van der Waals surface area contributed by atoms with Crippen LogP contribution in [0.15, 0.2) is 12.1 Å². The highest BCUT2D eigenvalue weighted by Crippen LogP contribution is 2.39. The molecule has 1 fully saturated rings. The van der Waals surface area contributed by atoms with Crippen LogP contribution in [0.25, 0.3) is 11.0 Å². The van der Waals surface area contributed by atoms with Crippen molar-refractivity contribution in [2.75, 3.05) is 0 Å². The van der Waals surface area contributed by atoms with E-state index >= 15 is 0 Å². The Bertz CT molecular complexity index is 577. The lowest BCUT2D eigenvalue weighted by atomic mass is 9.89. The third kappa shape index (κ3) is 1.96. The van der Waals surface area contributed by atoms with Crippen LogP contribution in [-0.4, -0.2) is 22.2 Å². The highest BCUT2D eigenvalue weighted by molar-refractivity contribution is 5.77. The fourth-order valence-electron chi connectivity index (χ4n) is 3.19. The summed E-state index contributed by atoms with van der Waals surface area (Å²) in [5, 5.41) is 0. The molecule has 0 bridgehead atoms. The SMILES string of the molecule is Cc1cc2nc(C3C(C)OC(C)C3C)[nH]c2cc1C. The van der Waals surface area contributed by atoms with Crippen LogP contribution in [0.2, 0.25) is 0 Å². The van der Waals surface area contributed by atoms with E-state index in [0.29, 0.717) is 17.9 Å². The predicted molar refractivity (Wildman–Crippen MR) is 77.5 cm³/mol. The summed E-state index contributed by atoms with van der Waals surface area (Å²) in [7, 11) is 0. The number of aromatic nitrogens is 2. The molecule has 4 unspecified atom stereocenters. The number of benzene rings is 1. The Labute approximate surface area is 114 Å². The molecule has 1 N–H and O–H groups in total. The van der Waals surface area contributed by atoms with Crippen LogP contribution in [-0.2, 0) is 4.74 Å². The second-order valence-corrected chi connectivity index (χ2v) is 6.01. The van der Waals surface area contributed by atoms with Crippen LogP contribution in [0.5, 0.6) is 0 Å². The maximum absolute atomic E-state index is 5.92. The van der Waals surface area contributed by atoms with Crippen LogP contribution in [0, 0.1) is 19.8 Å². The lowest BCUT2D eigenvalue weighted by molar-refractivity contribution is 0.0554. The first-order valence-corrected chi connectivity index (χ1v) is 7.09. The zero-order chi connectivity index (χ0) is 13.7. The quantitative estimate of drug-likeness (QED) is 0.846. The molecule has 1 aromatic heterocycles. The number of hydrogen-bond acceptors (Lipinski definition) is 2. The molecule has 2 heterocycles. The molecule has 3 heteroatoms. The van der Waals surface area contributed by atoms with Gasteiger partial charge in [-0.05, 0) is 56.9 Å². The van der Waals surface area contributed by atoms with E-state index in [1.807, 2.05) is 0 Å². The summed E-state index contributed by atoms with van der Waals surface area (Å²) in [4.78, 5) is 8.29. The topological polar surface area (TPSA) is 37.9 Å². The van der Waals surface area contributed by atoms with Gasteiger partial charge >= 0.3 is 0 Å². The van der Waals surface area contributed by atoms with Crippen molar-refractivity contribution in [2.24, 2.45) is 5.92 Å². The fraction of sp³-hybridized carbons (Fsp3) is 0.562. The number of nitrogens with zero attached hydrogens (tertiary/aromatic N) is 1. The highest BCUT2D eigenvalue weighted by atomic mass is 16.5. The van der Waals surface area contributed by atoms with E-state index < -0.39 is 0 Å². The van der Waals surface area contributed by atoms with Gasteiger partial charge in [0.1, 0.15) is 5.82 Å². The molecule has 4 atom stereocenters. The van der Waals surface area contributed by atoms with E-state index in [0.717, 1.165) is 16.9 Å². The Morgan fingerprint density at radius 1 is 1.05 bits per heavy atom. The fourth-order valence-corrected chi connectivity index (χ4v) is 3.19. The van der Waals surface area contributed by atoms with E-state index in [4.69, 9.17) is 9.72 Å². The van der Waals surface area contributed by atoms with Gasteiger partial charge in [-0.3, -0.25) is 0 Å². The molecular weight excluding hydrogens is 236 g/mol. The molecule has 0 saturated carbocycles. The van der Waals surface area contributed by atoms with E-state index in [1.54, 1.807) is 0 Å². The van der Waals surface area contributed by atoms with Gasteiger partial charge in [0, 0.05) is 5.92 Å². The summed E-state index contributed by atoms with van der Waals surface area (Å²) in [5.41, 5.74) is 4.80. The first kappa shape index (κ1) is 12.7. The summed E-state index contributed by atoms with van der Waals surface area (Å²) in [6.45, 7) is 10.8. The minimum absolute atomic E-state index is 0.229. The number of aromatic amines is 1. The standard InChI is InChI=1S/C16H22N2O/c1-8-6-13-14(7-9(8)2)18-16(17-13)15-10(3)11(4)19-12(15)5/h6-7,10-12,15H,1-5H3,(H,17,18). The summed E-state index contributed by atoms with van der Waals surface area (Å²) in [5.74, 6) is 1.94.